The predicted octanol–water partition coefficient (Wildman–Crippen LogP) is -2.21. The van der Waals surface area contributed by atoms with Crippen LogP contribution in [0.4, 0.5) is 0 Å². The monoisotopic (exact) mass is 950 g/mol. The number of rotatable bonds is 29. The van der Waals surface area contributed by atoms with Crippen molar-refractivity contribution < 1.29 is 57.8 Å². The van der Waals surface area contributed by atoms with E-state index in [1.165, 1.54) is 11.8 Å². The summed E-state index contributed by atoms with van der Waals surface area (Å²) in [4.78, 5) is 143. The molecule has 0 aliphatic carbocycles. The normalized spacial score (nSPS) is 18.9. The smallest absolute Gasteiger partial charge is 0.326 e. The van der Waals surface area contributed by atoms with Gasteiger partial charge in [-0.25, -0.2) is 4.79 Å². The highest BCUT2D eigenvalue weighted by Gasteiger charge is 2.36. The molecule has 0 bridgehead atoms. The Kier molecular flexibility index (Phi) is 24.8. The van der Waals surface area contributed by atoms with E-state index in [4.69, 9.17) is 5.73 Å². The fraction of sp³-hybridized carbons (Fsp3) is 0.750. The van der Waals surface area contributed by atoms with E-state index in [-0.39, 0.29) is 62.3 Å². The van der Waals surface area contributed by atoms with Crippen LogP contribution in [0.2, 0.25) is 0 Å². The topological polar surface area (TPSA) is 346 Å². The summed E-state index contributed by atoms with van der Waals surface area (Å²) in [5.41, 5.74) is 5.30. The van der Waals surface area contributed by atoms with E-state index >= 15 is 0 Å². The van der Waals surface area contributed by atoms with E-state index in [9.17, 15) is 57.8 Å². The van der Waals surface area contributed by atoms with Crippen LogP contribution in [0.3, 0.4) is 0 Å². The fourth-order valence-corrected chi connectivity index (χ4v) is 7.68. The molecule has 0 radical (unpaired) electrons. The van der Waals surface area contributed by atoms with E-state index in [1.54, 1.807) is 27.7 Å². The van der Waals surface area contributed by atoms with Crippen LogP contribution in [0.25, 0.3) is 0 Å². The lowest BCUT2D eigenvalue weighted by atomic mass is 10.0. The maximum atomic E-state index is 13.5. The van der Waals surface area contributed by atoms with Gasteiger partial charge in [-0.15, -0.1) is 0 Å². The molecular formula is C44H75N11O12. The first-order valence-electron chi connectivity index (χ1n) is 23.4. The summed E-state index contributed by atoms with van der Waals surface area (Å²) < 4.78 is 0. The molecular weight excluding hydrogens is 875 g/mol. The molecule has 2 saturated heterocycles. The third-order valence-corrected chi connectivity index (χ3v) is 11.3. The second-order valence-electron chi connectivity index (χ2n) is 18.4. The van der Waals surface area contributed by atoms with Crippen molar-refractivity contribution in [1.29, 1.82) is 0 Å². The minimum atomic E-state index is -1.30. The van der Waals surface area contributed by atoms with E-state index in [1.807, 2.05) is 13.8 Å². The Hall–Kier alpha value is -5.87. The van der Waals surface area contributed by atoms with Gasteiger partial charge in [0, 0.05) is 13.0 Å². The van der Waals surface area contributed by atoms with Gasteiger partial charge in [0.2, 0.25) is 59.1 Å². The van der Waals surface area contributed by atoms with Crippen molar-refractivity contribution in [3.63, 3.8) is 0 Å². The molecule has 2 aliphatic heterocycles. The lowest BCUT2D eigenvalue weighted by molar-refractivity contribution is -0.144. The first-order chi connectivity index (χ1) is 31.5. The summed E-state index contributed by atoms with van der Waals surface area (Å²) >= 11 is 0. The maximum Gasteiger partial charge on any atom is 0.326 e. The number of carbonyl (C=O) groups is 11. The number of nitrogens with one attached hydrogen (secondary N) is 9. The number of hydrogen-bond acceptors (Lipinski definition) is 12. The van der Waals surface area contributed by atoms with Crippen molar-refractivity contribution in [2.24, 2.45) is 23.5 Å². The van der Waals surface area contributed by atoms with E-state index in [2.05, 4.69) is 47.9 Å². The van der Waals surface area contributed by atoms with Crippen LogP contribution in [-0.2, 0) is 52.7 Å². The van der Waals surface area contributed by atoms with Crippen molar-refractivity contribution in [1.82, 2.24) is 52.8 Å². The molecule has 23 heteroatoms. The highest BCUT2D eigenvalue weighted by Crippen LogP contribution is 2.18. The van der Waals surface area contributed by atoms with Crippen LogP contribution in [0.15, 0.2) is 0 Å². The number of carboxylic acids is 1. The average Bonchev–Trinajstić information content (AvgIpc) is 3.93. The molecule has 0 spiro atoms. The summed E-state index contributed by atoms with van der Waals surface area (Å²) in [5.74, 6) is -7.85. The van der Waals surface area contributed by atoms with Crippen molar-refractivity contribution in [2.45, 2.75) is 161 Å². The quantitative estimate of drug-likeness (QED) is 0.0355. The molecule has 2 heterocycles. The summed E-state index contributed by atoms with van der Waals surface area (Å²) in [6.07, 6.45) is 3.76. The standard InChI is InChI=1S/C44H75N11O12/c1-8-9-10-12-29(44(66)67)53-43(65)33-13-11-16-55(33)37(59)23-49-38(60)27(7)50-42(64)32(18-25(4)5)52-36(58)22-48-40(62)31(17-24(2)3)54-41(63)28(14-15-34(45)56)51-35(57)21-47-39(61)30-19-26(6)20-46-30/h24-33,46H,8-23H2,1-7H3,(H2,45,56)(H,47,61)(H,48,62)(H,49,60)(H,50,64)(H,51,57)(H,52,58)(H,53,65)(H,54,63)(H,66,67)/t26-,27+,28+,29+,30+,31+,32+,33+/m1/s1. The van der Waals surface area contributed by atoms with E-state index in [0.717, 1.165) is 12.8 Å². The first kappa shape index (κ1) is 57.3. The lowest BCUT2D eigenvalue weighted by Gasteiger charge is -2.26. The predicted molar refractivity (Wildman–Crippen MR) is 244 cm³/mol. The highest BCUT2D eigenvalue weighted by atomic mass is 16.4. The molecule has 2 fully saturated rings. The van der Waals surface area contributed by atoms with Gasteiger partial charge in [0.1, 0.15) is 36.3 Å². The Bertz CT molecular complexity index is 1760. The molecule has 0 unspecified atom stereocenters. The molecule has 2 rings (SSSR count). The van der Waals surface area contributed by atoms with Crippen molar-refractivity contribution in [3.05, 3.63) is 0 Å². The molecule has 12 N–H and O–H groups in total. The molecule has 378 valence electrons. The maximum absolute atomic E-state index is 13.5. The second kappa shape index (κ2) is 29.0. The average molecular weight is 950 g/mol. The molecule has 10 amide bonds. The number of hydrogen-bond donors (Lipinski definition) is 11. The molecule has 67 heavy (non-hydrogen) atoms. The van der Waals surface area contributed by atoms with Gasteiger partial charge in [0.25, 0.3) is 0 Å². The van der Waals surface area contributed by atoms with Crippen molar-refractivity contribution in [3.8, 4) is 0 Å². The SMILES string of the molecule is CCCCC[C@H](NC(=O)[C@@H]1CCCN1C(=O)CNC(=O)[C@H](C)NC(=O)[C@H](CC(C)C)NC(=O)CNC(=O)[C@H](CC(C)C)NC(=O)[C@H](CCC(N)=O)NC(=O)CNC(=O)[C@@H]1C[C@@H](C)CN1)C(=O)O. The van der Waals surface area contributed by atoms with Gasteiger partial charge in [0.15, 0.2) is 0 Å². The molecule has 23 nitrogen and oxygen atoms in total. The van der Waals surface area contributed by atoms with Crippen LogP contribution in [-0.4, -0.2) is 150 Å². The van der Waals surface area contributed by atoms with E-state index < -0.39 is 121 Å². The van der Waals surface area contributed by atoms with Crippen molar-refractivity contribution in [2.75, 3.05) is 32.7 Å². The number of primary amides is 1. The van der Waals surface area contributed by atoms with Gasteiger partial charge in [-0.3, -0.25) is 47.9 Å². The zero-order valence-corrected chi connectivity index (χ0v) is 40.0. The zero-order chi connectivity index (χ0) is 50.4. The van der Waals surface area contributed by atoms with Gasteiger partial charge in [-0.05, 0) is 76.2 Å². The van der Waals surface area contributed by atoms with Crippen molar-refractivity contribution >= 4 is 65.0 Å². The third kappa shape index (κ3) is 21.1. The number of aliphatic carboxylic acids is 1. The number of unbranched alkanes of at least 4 members (excludes halogenated alkanes) is 2. The number of nitrogens with zero attached hydrogens (tertiary/aromatic N) is 1. The molecule has 0 aromatic heterocycles. The molecule has 0 saturated carbocycles. The largest absolute Gasteiger partial charge is 0.480 e. The molecule has 0 aromatic rings. The van der Waals surface area contributed by atoms with Gasteiger partial charge in [0.05, 0.1) is 25.7 Å². The minimum absolute atomic E-state index is 0.113. The number of likely N-dealkylation sites (tertiary alicyclic amines) is 1. The van der Waals surface area contributed by atoms with Gasteiger partial charge in [-0.2, -0.15) is 0 Å². The second-order valence-corrected chi connectivity index (χ2v) is 18.4. The van der Waals surface area contributed by atoms with Crippen LogP contribution in [0.1, 0.15) is 119 Å². The number of carbonyl (C=O) groups excluding carboxylic acids is 10. The highest BCUT2D eigenvalue weighted by molar-refractivity contribution is 5.97. The molecule has 0 aromatic carbocycles. The van der Waals surface area contributed by atoms with Gasteiger partial charge >= 0.3 is 5.97 Å². The Balaban J connectivity index is 1.98. The Morgan fingerprint density at radius 3 is 1.82 bits per heavy atom. The summed E-state index contributed by atoms with van der Waals surface area (Å²) in [7, 11) is 0. The van der Waals surface area contributed by atoms with Gasteiger partial charge in [-0.1, -0.05) is 60.8 Å². The van der Waals surface area contributed by atoms with Gasteiger partial charge < -0.3 is 63.6 Å². The summed E-state index contributed by atoms with van der Waals surface area (Å²) in [6, 6.07) is -7.26. The Morgan fingerprint density at radius 1 is 0.672 bits per heavy atom. The summed E-state index contributed by atoms with van der Waals surface area (Å²) in [6.45, 7) is 11.9. The number of carboxylic acid groups (broad SMARTS) is 1. The Morgan fingerprint density at radius 2 is 1.25 bits per heavy atom. The lowest BCUT2D eigenvalue weighted by Crippen LogP contribution is -2.57. The zero-order valence-electron chi connectivity index (χ0n) is 40.0. The van der Waals surface area contributed by atoms with Crippen LogP contribution < -0.4 is 53.6 Å². The summed E-state index contributed by atoms with van der Waals surface area (Å²) in [5, 5.41) is 32.8. The number of nitrogens with two attached hydrogens (primary N) is 1. The third-order valence-electron chi connectivity index (χ3n) is 11.3. The fourth-order valence-electron chi connectivity index (χ4n) is 7.68. The Labute approximate surface area is 392 Å². The van der Waals surface area contributed by atoms with E-state index in [0.29, 0.717) is 32.2 Å². The van der Waals surface area contributed by atoms with Crippen LogP contribution >= 0.6 is 0 Å². The van der Waals surface area contributed by atoms with Crippen LogP contribution in [0.5, 0.6) is 0 Å². The van der Waals surface area contributed by atoms with Crippen LogP contribution in [0, 0.1) is 17.8 Å². The molecule has 8 atom stereocenters. The number of amides is 10. The molecule has 2 aliphatic rings. The first-order valence-corrected chi connectivity index (χ1v) is 23.4. The minimum Gasteiger partial charge on any atom is -0.480 e.